The van der Waals surface area contributed by atoms with Crippen LogP contribution >= 0.6 is 11.8 Å². The Morgan fingerprint density at radius 2 is 2.12 bits per heavy atom. The number of ether oxygens (including phenoxy) is 1. The normalized spacial score (nSPS) is 22.6. The maximum Gasteiger partial charge on any atom is 0.260 e. The Labute approximate surface area is 196 Å². The summed E-state index contributed by atoms with van der Waals surface area (Å²) < 4.78 is 23.5. The quantitative estimate of drug-likeness (QED) is 0.629. The van der Waals surface area contributed by atoms with Gasteiger partial charge in [-0.05, 0) is 44.1 Å². The van der Waals surface area contributed by atoms with Crippen LogP contribution in [0.25, 0.3) is 10.9 Å². The number of rotatable bonds is 4. The van der Waals surface area contributed by atoms with E-state index in [1.54, 1.807) is 30.0 Å². The highest BCUT2D eigenvalue weighted by Crippen LogP contribution is 2.46. The predicted molar refractivity (Wildman–Crippen MR) is 129 cm³/mol. The first kappa shape index (κ1) is 21.1. The third kappa shape index (κ3) is 3.45. The lowest BCUT2D eigenvalue weighted by molar-refractivity contribution is 0.0801. The van der Waals surface area contributed by atoms with Gasteiger partial charge in [-0.2, -0.15) is 0 Å². The zero-order chi connectivity index (χ0) is 22.7. The van der Waals surface area contributed by atoms with E-state index in [-0.39, 0.29) is 22.9 Å². The maximum atomic E-state index is 15.7. The highest BCUT2D eigenvalue weighted by Gasteiger charge is 2.35. The van der Waals surface area contributed by atoms with Gasteiger partial charge in [0.2, 0.25) is 5.43 Å². The Hall–Kier alpha value is -2.48. The number of halogens is 1. The van der Waals surface area contributed by atoms with Crippen LogP contribution < -0.4 is 15.1 Å². The van der Waals surface area contributed by atoms with Crippen molar-refractivity contribution in [1.29, 1.82) is 0 Å². The van der Waals surface area contributed by atoms with Crippen molar-refractivity contribution in [3.63, 3.8) is 0 Å². The van der Waals surface area contributed by atoms with E-state index in [0.717, 1.165) is 38.0 Å². The smallest absolute Gasteiger partial charge is 0.260 e. The van der Waals surface area contributed by atoms with Crippen molar-refractivity contribution in [3.8, 4) is 5.75 Å². The third-order valence-corrected chi connectivity index (χ3v) is 8.40. The van der Waals surface area contributed by atoms with E-state index in [2.05, 4.69) is 11.0 Å². The molecule has 1 aromatic carbocycles. The first-order chi connectivity index (χ1) is 16.1. The number of hydrogen-bond donors (Lipinski definition) is 0. The number of allylic oxidation sites excluding steroid dienone is 1. The Morgan fingerprint density at radius 3 is 2.82 bits per heavy atom. The molecule has 8 heteroatoms. The van der Waals surface area contributed by atoms with Crippen LogP contribution in [0.5, 0.6) is 5.75 Å². The molecule has 174 valence electrons. The fourth-order valence-corrected chi connectivity index (χ4v) is 6.54. The Bertz CT molecular complexity index is 1230. The van der Waals surface area contributed by atoms with Crippen molar-refractivity contribution in [3.05, 3.63) is 45.5 Å². The standard InChI is InChI=1S/C25H28FN3O3S/c1-32-24-21-18(10-20(26)22(24)28-11-15-4-2-3-5-16(15)12-28)23(30)19(13-29(21)17-6-7-17)25(31)27-8-9-33-14-27/h4,10,13,16-17H,2-3,5-9,11-12,14H2,1H3. The fourth-order valence-electron chi connectivity index (χ4n) is 5.60. The van der Waals surface area contributed by atoms with E-state index < -0.39 is 11.2 Å². The molecule has 0 radical (unpaired) electrons. The van der Waals surface area contributed by atoms with E-state index >= 15 is 4.39 Å². The van der Waals surface area contributed by atoms with Crippen molar-refractivity contribution in [2.75, 3.05) is 43.3 Å². The summed E-state index contributed by atoms with van der Waals surface area (Å²) in [5, 5.41) is 0.230. The number of amides is 1. The predicted octanol–water partition coefficient (Wildman–Crippen LogP) is 4.18. The minimum Gasteiger partial charge on any atom is -0.492 e. The van der Waals surface area contributed by atoms with E-state index in [1.807, 2.05) is 4.57 Å². The topological polar surface area (TPSA) is 54.8 Å². The lowest BCUT2D eigenvalue weighted by atomic mass is 9.91. The van der Waals surface area contributed by atoms with Crippen molar-refractivity contribution in [2.45, 2.75) is 38.1 Å². The molecular formula is C25H28FN3O3S. The Morgan fingerprint density at radius 1 is 1.27 bits per heavy atom. The molecule has 6 nitrogen and oxygen atoms in total. The number of methoxy groups -OCH3 is 1. The van der Waals surface area contributed by atoms with E-state index in [1.165, 1.54) is 18.1 Å². The van der Waals surface area contributed by atoms with Gasteiger partial charge in [0, 0.05) is 37.6 Å². The number of pyridine rings is 1. The van der Waals surface area contributed by atoms with Crippen LogP contribution in [-0.2, 0) is 0 Å². The van der Waals surface area contributed by atoms with E-state index in [9.17, 15) is 9.59 Å². The molecule has 3 heterocycles. The lowest BCUT2D eigenvalue weighted by Gasteiger charge is -2.25. The molecular weight excluding hydrogens is 441 g/mol. The van der Waals surface area contributed by atoms with Gasteiger partial charge in [0.25, 0.3) is 5.91 Å². The molecule has 0 N–H and O–H groups in total. The van der Waals surface area contributed by atoms with Gasteiger partial charge < -0.3 is 19.1 Å². The molecule has 0 bridgehead atoms. The number of anilines is 1. The van der Waals surface area contributed by atoms with Gasteiger partial charge in [-0.25, -0.2) is 4.39 Å². The summed E-state index contributed by atoms with van der Waals surface area (Å²) in [4.78, 5) is 30.4. The zero-order valence-corrected chi connectivity index (χ0v) is 19.6. The van der Waals surface area contributed by atoms with Crippen LogP contribution in [0.2, 0.25) is 0 Å². The van der Waals surface area contributed by atoms with Gasteiger partial charge in [-0.15, -0.1) is 11.8 Å². The minimum atomic E-state index is -0.459. The number of thioether (sulfide) groups is 1. The average molecular weight is 470 g/mol. The maximum absolute atomic E-state index is 15.7. The molecule has 4 aliphatic rings. The minimum absolute atomic E-state index is 0.128. The summed E-state index contributed by atoms with van der Waals surface area (Å²) in [6, 6.07) is 1.53. The van der Waals surface area contributed by atoms with Crippen LogP contribution in [0.4, 0.5) is 10.1 Å². The molecule has 2 aliphatic heterocycles. The number of benzene rings is 1. The van der Waals surface area contributed by atoms with Gasteiger partial charge >= 0.3 is 0 Å². The SMILES string of the molecule is COc1c(N2CC3=CCCCC3C2)c(F)cc2c(=O)c(C(=O)N3CCSC3)cn(C3CC3)c12. The Kier molecular flexibility index (Phi) is 5.16. The number of carbonyl (C=O) groups excluding carboxylic acids is 1. The molecule has 2 aromatic rings. The monoisotopic (exact) mass is 469 g/mol. The van der Waals surface area contributed by atoms with Crippen LogP contribution in [0.1, 0.15) is 48.5 Å². The molecule has 1 amide bonds. The van der Waals surface area contributed by atoms with Gasteiger partial charge in [0.05, 0.1) is 23.9 Å². The second-order valence-electron chi connectivity index (χ2n) is 9.54. The lowest BCUT2D eigenvalue weighted by Crippen LogP contribution is -2.33. The van der Waals surface area contributed by atoms with E-state index in [4.69, 9.17) is 4.74 Å². The second kappa shape index (κ2) is 8.08. The highest BCUT2D eigenvalue weighted by atomic mass is 32.2. The number of nitrogens with zero attached hydrogens (tertiary/aromatic N) is 3. The van der Waals surface area contributed by atoms with Crippen LogP contribution in [0.15, 0.2) is 28.7 Å². The molecule has 33 heavy (non-hydrogen) atoms. The van der Waals surface area contributed by atoms with Gasteiger partial charge in [0.1, 0.15) is 11.3 Å². The Balaban J connectivity index is 1.53. The van der Waals surface area contributed by atoms with Gasteiger partial charge in [-0.3, -0.25) is 9.59 Å². The summed E-state index contributed by atoms with van der Waals surface area (Å²) >= 11 is 1.68. The summed E-state index contributed by atoms with van der Waals surface area (Å²) in [7, 11) is 1.54. The summed E-state index contributed by atoms with van der Waals surface area (Å²) in [5.74, 6) is 1.60. The van der Waals surface area contributed by atoms with Crippen molar-refractivity contribution in [1.82, 2.24) is 9.47 Å². The van der Waals surface area contributed by atoms with Crippen molar-refractivity contribution in [2.24, 2.45) is 5.92 Å². The van der Waals surface area contributed by atoms with Crippen LogP contribution in [0, 0.1) is 11.7 Å². The first-order valence-electron chi connectivity index (χ1n) is 11.8. The number of carbonyl (C=O) groups is 1. The second-order valence-corrected chi connectivity index (χ2v) is 10.6. The third-order valence-electron chi connectivity index (χ3n) is 7.43. The summed E-state index contributed by atoms with van der Waals surface area (Å²) in [5.41, 5.74) is 2.14. The van der Waals surface area contributed by atoms with Crippen molar-refractivity contribution < 1.29 is 13.9 Å². The molecule has 2 aliphatic carbocycles. The molecule has 1 aromatic heterocycles. The zero-order valence-electron chi connectivity index (χ0n) is 18.8. The molecule has 2 saturated heterocycles. The highest BCUT2D eigenvalue weighted by molar-refractivity contribution is 7.99. The first-order valence-corrected chi connectivity index (χ1v) is 13.0. The van der Waals surface area contributed by atoms with E-state index in [0.29, 0.717) is 41.8 Å². The molecule has 1 unspecified atom stereocenters. The average Bonchev–Trinajstić information content (AvgIpc) is 3.34. The molecule has 1 saturated carbocycles. The molecule has 0 spiro atoms. The molecule has 3 fully saturated rings. The number of hydrogen-bond acceptors (Lipinski definition) is 5. The number of aromatic nitrogens is 1. The molecule has 1 atom stereocenters. The number of fused-ring (bicyclic) bond motifs is 2. The van der Waals surface area contributed by atoms with Gasteiger partial charge in [0.15, 0.2) is 11.6 Å². The largest absolute Gasteiger partial charge is 0.492 e. The van der Waals surface area contributed by atoms with Crippen LogP contribution in [0.3, 0.4) is 0 Å². The van der Waals surface area contributed by atoms with Crippen LogP contribution in [-0.4, -0.2) is 53.7 Å². The summed E-state index contributed by atoms with van der Waals surface area (Å²) in [6.45, 7) is 2.09. The summed E-state index contributed by atoms with van der Waals surface area (Å²) in [6.07, 6.45) is 9.34. The van der Waals surface area contributed by atoms with Crippen molar-refractivity contribution >= 4 is 34.3 Å². The van der Waals surface area contributed by atoms with Gasteiger partial charge in [-0.1, -0.05) is 11.6 Å². The fraction of sp³-hybridized carbons (Fsp3) is 0.520. The molecule has 6 rings (SSSR count).